The Morgan fingerprint density at radius 3 is 2.62 bits per heavy atom. The van der Waals surface area contributed by atoms with E-state index in [-0.39, 0.29) is 18.0 Å². The number of sulfonamides is 1. The van der Waals surface area contributed by atoms with Gasteiger partial charge in [-0.2, -0.15) is 4.31 Å². The zero-order valence-corrected chi connectivity index (χ0v) is 20.9. The first-order valence-corrected chi connectivity index (χ1v) is 12.7. The number of nitrogens with one attached hydrogen (secondary N) is 1. The smallest absolute Gasteiger partial charge is 0.264 e. The molecule has 0 aliphatic carbocycles. The van der Waals surface area contributed by atoms with Crippen LogP contribution in [-0.4, -0.2) is 73.7 Å². The lowest BCUT2D eigenvalue weighted by molar-refractivity contribution is -0.149. The van der Waals surface area contributed by atoms with Crippen LogP contribution in [0, 0.1) is 0 Å². The van der Waals surface area contributed by atoms with Crippen LogP contribution in [0.4, 0.5) is 0 Å². The Bertz CT molecular complexity index is 1080. The summed E-state index contributed by atoms with van der Waals surface area (Å²) >= 11 is 5.99. The maximum atomic E-state index is 13.5. The molecule has 9 nitrogen and oxygen atoms in total. The Balaban J connectivity index is 1.80. The molecule has 2 aromatic rings. The van der Waals surface area contributed by atoms with Crippen molar-refractivity contribution < 1.29 is 27.9 Å². The number of hydroxylamine groups is 1. The first kappa shape index (κ1) is 26.4. The molecule has 1 saturated heterocycles. The Kier molecular flexibility index (Phi) is 8.91. The zero-order chi connectivity index (χ0) is 24.9. The Hall–Kier alpha value is -2.21. The van der Waals surface area contributed by atoms with Crippen LogP contribution in [0.25, 0.3) is 0 Å². The summed E-state index contributed by atoms with van der Waals surface area (Å²) in [6.45, 7) is 5.11. The second-order valence-corrected chi connectivity index (χ2v) is 10.5. The summed E-state index contributed by atoms with van der Waals surface area (Å²) in [6, 6.07) is 12.0. The van der Waals surface area contributed by atoms with Gasteiger partial charge in [0.05, 0.1) is 17.1 Å². The normalized spacial score (nSPS) is 21.4. The molecule has 1 fully saturated rings. The summed E-state index contributed by atoms with van der Waals surface area (Å²) < 4.78 is 39.8. The SMILES string of the molecule is CCN(C)CC1CN(S(=O)(=O)c2ccc(OCc3cccc(Cl)c3)cc2)C(C(=O)NO)C(C)O1. The average molecular weight is 512 g/mol. The number of nitrogens with zero attached hydrogens (tertiary/aromatic N) is 2. The minimum absolute atomic E-state index is 0.00930. The third-order valence-electron chi connectivity index (χ3n) is 5.70. The minimum atomic E-state index is -4.07. The Labute approximate surface area is 205 Å². The maximum Gasteiger partial charge on any atom is 0.264 e. The maximum absolute atomic E-state index is 13.5. The van der Waals surface area contributed by atoms with Crippen LogP contribution in [0.2, 0.25) is 5.02 Å². The minimum Gasteiger partial charge on any atom is -0.489 e. The van der Waals surface area contributed by atoms with E-state index in [0.717, 1.165) is 16.4 Å². The van der Waals surface area contributed by atoms with Gasteiger partial charge in [0.15, 0.2) is 0 Å². The summed E-state index contributed by atoms with van der Waals surface area (Å²) in [6.07, 6.45) is -1.19. The van der Waals surface area contributed by atoms with Crippen molar-refractivity contribution in [3.63, 3.8) is 0 Å². The second kappa shape index (κ2) is 11.5. The molecule has 0 radical (unpaired) electrons. The van der Waals surface area contributed by atoms with Crippen LogP contribution in [0.15, 0.2) is 53.4 Å². The summed E-state index contributed by atoms with van der Waals surface area (Å²) in [5.74, 6) is -0.360. The number of hydrogen-bond acceptors (Lipinski definition) is 7. The van der Waals surface area contributed by atoms with Gasteiger partial charge in [0.2, 0.25) is 10.0 Å². The van der Waals surface area contributed by atoms with Crippen LogP contribution in [-0.2, 0) is 26.2 Å². The van der Waals surface area contributed by atoms with Crippen molar-refractivity contribution in [2.45, 2.75) is 43.6 Å². The molecule has 186 valence electrons. The highest BCUT2D eigenvalue weighted by Gasteiger charge is 2.45. The van der Waals surface area contributed by atoms with E-state index in [9.17, 15) is 18.4 Å². The van der Waals surface area contributed by atoms with Crippen LogP contribution in [0.5, 0.6) is 5.75 Å². The van der Waals surface area contributed by atoms with Gasteiger partial charge < -0.3 is 14.4 Å². The molecule has 2 N–H and O–H groups in total. The molecule has 0 saturated carbocycles. The lowest BCUT2D eigenvalue weighted by Crippen LogP contribution is -2.62. The van der Waals surface area contributed by atoms with Crippen molar-refractivity contribution in [2.75, 3.05) is 26.7 Å². The number of carbonyl (C=O) groups excluding carboxylic acids is 1. The number of rotatable bonds is 9. The van der Waals surface area contributed by atoms with E-state index < -0.39 is 34.2 Å². The van der Waals surface area contributed by atoms with E-state index >= 15 is 0 Å². The second-order valence-electron chi connectivity index (χ2n) is 8.20. The fourth-order valence-corrected chi connectivity index (χ4v) is 5.73. The molecule has 3 rings (SSSR count). The molecular formula is C23H30ClN3O6S. The van der Waals surface area contributed by atoms with Gasteiger partial charge in [-0.05, 0) is 62.5 Å². The average Bonchev–Trinajstić information content (AvgIpc) is 2.82. The fourth-order valence-electron chi connectivity index (χ4n) is 3.84. The number of halogens is 1. The molecule has 34 heavy (non-hydrogen) atoms. The van der Waals surface area contributed by atoms with E-state index in [4.69, 9.17) is 21.1 Å². The van der Waals surface area contributed by atoms with Crippen LogP contribution in [0.3, 0.4) is 0 Å². The molecule has 1 aliphatic heterocycles. The van der Waals surface area contributed by atoms with E-state index in [1.807, 2.05) is 31.0 Å². The summed E-state index contributed by atoms with van der Waals surface area (Å²) in [4.78, 5) is 14.4. The fraction of sp³-hybridized carbons (Fsp3) is 0.435. The number of likely N-dealkylation sites (N-methyl/N-ethyl adjacent to an activating group) is 1. The van der Waals surface area contributed by atoms with E-state index in [0.29, 0.717) is 17.3 Å². The highest BCUT2D eigenvalue weighted by Crippen LogP contribution is 2.28. The van der Waals surface area contributed by atoms with Gasteiger partial charge in [0.25, 0.3) is 5.91 Å². The van der Waals surface area contributed by atoms with Crippen molar-refractivity contribution in [3.8, 4) is 5.75 Å². The largest absolute Gasteiger partial charge is 0.489 e. The quantitative estimate of drug-likeness (QED) is 0.393. The monoisotopic (exact) mass is 511 g/mol. The highest BCUT2D eigenvalue weighted by molar-refractivity contribution is 7.89. The first-order valence-electron chi connectivity index (χ1n) is 10.9. The molecular weight excluding hydrogens is 482 g/mol. The van der Waals surface area contributed by atoms with Crippen molar-refractivity contribution in [1.82, 2.24) is 14.7 Å². The highest BCUT2D eigenvalue weighted by atomic mass is 35.5. The predicted octanol–water partition coefficient (Wildman–Crippen LogP) is 2.52. The van der Waals surface area contributed by atoms with Gasteiger partial charge >= 0.3 is 0 Å². The number of hydrogen-bond donors (Lipinski definition) is 2. The molecule has 1 aliphatic rings. The Morgan fingerprint density at radius 2 is 2.00 bits per heavy atom. The van der Waals surface area contributed by atoms with E-state index in [1.54, 1.807) is 36.7 Å². The zero-order valence-electron chi connectivity index (χ0n) is 19.3. The van der Waals surface area contributed by atoms with Crippen molar-refractivity contribution in [1.29, 1.82) is 0 Å². The standard InChI is InChI=1S/C23H30ClN3O6S/c1-4-26(3)13-20-14-27(22(16(2)33-20)23(28)25-29)34(30,31)21-10-8-19(9-11-21)32-15-17-6-5-7-18(24)12-17/h5-12,16,20,22,29H,4,13-15H2,1-3H3,(H,25,28). The molecule has 3 unspecified atom stereocenters. The number of amides is 1. The van der Waals surface area contributed by atoms with Gasteiger partial charge in [0, 0.05) is 18.1 Å². The Morgan fingerprint density at radius 1 is 1.29 bits per heavy atom. The number of benzene rings is 2. The van der Waals surface area contributed by atoms with Gasteiger partial charge in [-0.25, -0.2) is 13.9 Å². The molecule has 0 spiro atoms. The summed E-state index contributed by atoms with van der Waals surface area (Å²) in [5, 5.41) is 9.81. The first-order chi connectivity index (χ1) is 16.1. The third kappa shape index (κ3) is 6.26. The van der Waals surface area contributed by atoms with Crippen LogP contribution >= 0.6 is 11.6 Å². The molecule has 0 bridgehead atoms. The van der Waals surface area contributed by atoms with E-state index in [2.05, 4.69) is 0 Å². The van der Waals surface area contributed by atoms with Gasteiger partial charge in [-0.3, -0.25) is 10.0 Å². The molecule has 1 amide bonds. The molecule has 0 aromatic heterocycles. The number of morpholine rings is 1. The molecule has 1 heterocycles. The molecule has 11 heteroatoms. The van der Waals surface area contributed by atoms with Crippen LogP contribution in [0.1, 0.15) is 19.4 Å². The van der Waals surface area contributed by atoms with Gasteiger partial charge in [0.1, 0.15) is 18.4 Å². The topological polar surface area (TPSA) is 108 Å². The lowest BCUT2D eigenvalue weighted by Gasteiger charge is -2.42. The molecule has 2 aromatic carbocycles. The summed E-state index contributed by atoms with van der Waals surface area (Å²) in [7, 11) is -2.17. The van der Waals surface area contributed by atoms with Gasteiger partial charge in [-0.15, -0.1) is 0 Å². The summed E-state index contributed by atoms with van der Waals surface area (Å²) in [5.41, 5.74) is 2.45. The van der Waals surface area contributed by atoms with Crippen molar-refractivity contribution in [2.24, 2.45) is 0 Å². The van der Waals surface area contributed by atoms with Crippen LogP contribution < -0.4 is 10.2 Å². The van der Waals surface area contributed by atoms with Crippen molar-refractivity contribution >= 4 is 27.5 Å². The van der Waals surface area contributed by atoms with E-state index in [1.165, 1.54) is 12.1 Å². The predicted molar refractivity (Wildman–Crippen MR) is 127 cm³/mol. The van der Waals surface area contributed by atoms with Crippen molar-refractivity contribution in [3.05, 3.63) is 59.1 Å². The lowest BCUT2D eigenvalue weighted by atomic mass is 10.1. The third-order valence-corrected chi connectivity index (χ3v) is 7.80. The van der Waals surface area contributed by atoms with Gasteiger partial charge in [-0.1, -0.05) is 30.7 Å². The number of carbonyl (C=O) groups is 1. The molecule has 3 atom stereocenters. The number of ether oxygens (including phenoxy) is 2.